The van der Waals surface area contributed by atoms with Crippen LogP contribution >= 0.6 is 0 Å². The predicted octanol–water partition coefficient (Wildman–Crippen LogP) is 3.69. The Balaban J connectivity index is 1.73. The maximum Gasteiger partial charge on any atom is 0.137 e. The summed E-state index contributed by atoms with van der Waals surface area (Å²) in [6.45, 7) is 6.17. The van der Waals surface area contributed by atoms with E-state index in [4.69, 9.17) is 0 Å². The highest BCUT2D eigenvalue weighted by molar-refractivity contribution is 5.87. The number of aliphatic hydroxyl groups is 1. The Labute approximate surface area is 144 Å². The molecule has 3 nitrogen and oxygen atoms in total. The number of hydrogen-bond donors (Lipinski definition) is 1. The molecule has 3 saturated carbocycles. The summed E-state index contributed by atoms with van der Waals surface area (Å²) in [5, 5.41) is 10.0. The second-order valence-corrected chi connectivity index (χ2v) is 9.42. The molecule has 3 heteroatoms. The van der Waals surface area contributed by atoms with Crippen LogP contribution in [-0.2, 0) is 9.59 Å². The van der Waals surface area contributed by atoms with Gasteiger partial charge in [-0.3, -0.25) is 9.59 Å². The Kier molecular flexibility index (Phi) is 3.62. The molecule has 132 valence electrons. The van der Waals surface area contributed by atoms with Crippen molar-refractivity contribution in [1.82, 2.24) is 0 Å². The van der Waals surface area contributed by atoms with E-state index in [1.165, 1.54) is 5.57 Å². The van der Waals surface area contributed by atoms with E-state index in [9.17, 15) is 14.7 Å². The second-order valence-electron chi connectivity index (χ2n) is 9.42. The van der Waals surface area contributed by atoms with Gasteiger partial charge in [-0.05, 0) is 68.1 Å². The standard InChI is InChI=1S/C21H30O3/c1-12(22)16-6-7-17-15-5-4-13-10-14(23)8-9-20(13,2)19(15)18(24)11-21(16,17)3/h4,14-17,19,23H,5-11H2,1-3H3/t14-,15-,16+,17-,19+,20-,21+/m0/s1. The molecule has 4 rings (SSSR count). The highest BCUT2D eigenvalue weighted by Gasteiger charge is 2.62. The molecule has 4 aliphatic rings. The summed E-state index contributed by atoms with van der Waals surface area (Å²) >= 11 is 0. The molecule has 0 aromatic heterocycles. The molecular weight excluding hydrogens is 300 g/mol. The van der Waals surface area contributed by atoms with Gasteiger partial charge in [0.15, 0.2) is 0 Å². The summed E-state index contributed by atoms with van der Waals surface area (Å²) in [6.07, 6.45) is 8.16. The average molecular weight is 330 g/mol. The number of hydrogen-bond acceptors (Lipinski definition) is 3. The first-order valence-corrected chi connectivity index (χ1v) is 9.68. The quantitative estimate of drug-likeness (QED) is 0.746. The van der Waals surface area contributed by atoms with Crippen molar-refractivity contribution in [3.05, 3.63) is 11.6 Å². The van der Waals surface area contributed by atoms with Crippen molar-refractivity contribution in [3.63, 3.8) is 0 Å². The first-order valence-electron chi connectivity index (χ1n) is 9.68. The number of Topliss-reactive ketones (excluding diaryl/α,β-unsaturated/α-hetero) is 2. The lowest BCUT2D eigenvalue weighted by molar-refractivity contribution is -0.146. The summed E-state index contributed by atoms with van der Waals surface area (Å²) in [5.41, 5.74) is 1.13. The van der Waals surface area contributed by atoms with Gasteiger partial charge in [0.05, 0.1) is 6.10 Å². The maximum absolute atomic E-state index is 13.3. The lowest BCUT2D eigenvalue weighted by Gasteiger charge is -2.56. The third kappa shape index (κ3) is 2.06. The van der Waals surface area contributed by atoms with Gasteiger partial charge in [0.25, 0.3) is 0 Å². The number of carbonyl (C=O) groups excluding carboxylic acids is 2. The van der Waals surface area contributed by atoms with Gasteiger partial charge in [0.2, 0.25) is 0 Å². The van der Waals surface area contributed by atoms with E-state index in [-0.39, 0.29) is 34.6 Å². The van der Waals surface area contributed by atoms with Crippen LogP contribution in [0.5, 0.6) is 0 Å². The Morgan fingerprint density at radius 1 is 1.25 bits per heavy atom. The summed E-state index contributed by atoms with van der Waals surface area (Å²) in [7, 11) is 0. The van der Waals surface area contributed by atoms with Crippen LogP contribution in [0.3, 0.4) is 0 Å². The Hall–Kier alpha value is -0.960. The molecule has 4 aliphatic carbocycles. The lowest BCUT2D eigenvalue weighted by Crippen LogP contribution is -2.55. The van der Waals surface area contributed by atoms with Crippen molar-refractivity contribution in [2.24, 2.45) is 34.5 Å². The Morgan fingerprint density at radius 3 is 2.71 bits per heavy atom. The van der Waals surface area contributed by atoms with Crippen LogP contribution in [0.2, 0.25) is 0 Å². The number of aliphatic hydroxyl groups excluding tert-OH is 1. The molecule has 0 bridgehead atoms. The van der Waals surface area contributed by atoms with Crippen LogP contribution in [0, 0.1) is 34.5 Å². The zero-order chi connectivity index (χ0) is 17.3. The van der Waals surface area contributed by atoms with E-state index in [1.54, 1.807) is 6.92 Å². The molecule has 0 aromatic carbocycles. The molecule has 0 amide bonds. The molecule has 0 heterocycles. The maximum atomic E-state index is 13.3. The molecule has 0 aliphatic heterocycles. The van der Waals surface area contributed by atoms with Gasteiger partial charge < -0.3 is 5.11 Å². The van der Waals surface area contributed by atoms with Gasteiger partial charge >= 0.3 is 0 Å². The molecule has 0 aromatic rings. The van der Waals surface area contributed by atoms with Crippen LogP contribution in [0.25, 0.3) is 0 Å². The molecule has 1 N–H and O–H groups in total. The lowest BCUT2D eigenvalue weighted by atomic mass is 9.47. The highest BCUT2D eigenvalue weighted by Crippen LogP contribution is 2.65. The predicted molar refractivity (Wildman–Crippen MR) is 92.3 cm³/mol. The zero-order valence-corrected chi connectivity index (χ0v) is 15.2. The third-order valence-corrected chi connectivity index (χ3v) is 8.26. The molecule has 0 spiro atoms. The fourth-order valence-electron chi connectivity index (χ4n) is 7.14. The van der Waals surface area contributed by atoms with E-state index in [0.29, 0.717) is 24.0 Å². The minimum atomic E-state index is -0.238. The first kappa shape index (κ1) is 16.5. The SMILES string of the molecule is CC(=O)[C@H]1CC[C@H]2[C@@H]3CC=C4C[C@@H](O)CC[C@]4(C)[C@H]3C(=O)C[C@]12C. The molecule has 0 saturated heterocycles. The number of rotatable bonds is 1. The topological polar surface area (TPSA) is 54.4 Å². The number of fused-ring (bicyclic) bond motifs is 5. The van der Waals surface area contributed by atoms with Crippen LogP contribution in [0.15, 0.2) is 11.6 Å². The van der Waals surface area contributed by atoms with Gasteiger partial charge in [-0.1, -0.05) is 25.5 Å². The summed E-state index contributed by atoms with van der Waals surface area (Å²) in [5.74, 6) is 1.72. The van der Waals surface area contributed by atoms with Crippen molar-refractivity contribution in [1.29, 1.82) is 0 Å². The van der Waals surface area contributed by atoms with Gasteiger partial charge in [0, 0.05) is 18.3 Å². The van der Waals surface area contributed by atoms with E-state index in [0.717, 1.165) is 38.5 Å². The van der Waals surface area contributed by atoms with E-state index >= 15 is 0 Å². The molecule has 0 radical (unpaired) electrons. The molecule has 24 heavy (non-hydrogen) atoms. The van der Waals surface area contributed by atoms with Crippen molar-refractivity contribution in [2.75, 3.05) is 0 Å². The van der Waals surface area contributed by atoms with Crippen molar-refractivity contribution >= 4 is 11.6 Å². The van der Waals surface area contributed by atoms with Gasteiger partial charge in [-0.15, -0.1) is 0 Å². The molecular formula is C21H30O3. The smallest absolute Gasteiger partial charge is 0.137 e. The van der Waals surface area contributed by atoms with Crippen molar-refractivity contribution in [2.45, 2.75) is 71.8 Å². The van der Waals surface area contributed by atoms with Crippen molar-refractivity contribution in [3.8, 4) is 0 Å². The molecule has 3 fully saturated rings. The van der Waals surface area contributed by atoms with Gasteiger partial charge in [0.1, 0.15) is 11.6 Å². The Bertz CT molecular complexity index is 621. The largest absolute Gasteiger partial charge is 0.393 e. The van der Waals surface area contributed by atoms with Gasteiger partial charge in [-0.2, -0.15) is 0 Å². The van der Waals surface area contributed by atoms with Gasteiger partial charge in [-0.25, -0.2) is 0 Å². The number of ketones is 2. The first-order chi connectivity index (χ1) is 11.3. The fraction of sp³-hybridized carbons (Fsp3) is 0.810. The highest BCUT2D eigenvalue weighted by atomic mass is 16.3. The number of carbonyl (C=O) groups is 2. The summed E-state index contributed by atoms with van der Waals surface area (Å²) in [6, 6.07) is 0. The monoisotopic (exact) mass is 330 g/mol. The molecule has 0 unspecified atom stereocenters. The Morgan fingerprint density at radius 2 is 2.00 bits per heavy atom. The average Bonchev–Trinajstić information content (AvgIpc) is 2.84. The van der Waals surface area contributed by atoms with Crippen LogP contribution in [0.4, 0.5) is 0 Å². The minimum absolute atomic E-state index is 0.0606. The second kappa shape index (κ2) is 5.27. The van der Waals surface area contributed by atoms with Crippen LogP contribution < -0.4 is 0 Å². The van der Waals surface area contributed by atoms with Crippen LogP contribution in [0.1, 0.15) is 65.7 Å². The normalized spacial score (nSPS) is 50.6. The van der Waals surface area contributed by atoms with E-state index in [2.05, 4.69) is 19.9 Å². The van der Waals surface area contributed by atoms with Crippen LogP contribution in [-0.4, -0.2) is 22.8 Å². The summed E-state index contributed by atoms with van der Waals surface area (Å²) < 4.78 is 0. The molecule has 7 atom stereocenters. The van der Waals surface area contributed by atoms with E-state index in [1.807, 2.05) is 0 Å². The third-order valence-electron chi connectivity index (χ3n) is 8.26. The zero-order valence-electron chi connectivity index (χ0n) is 15.2. The minimum Gasteiger partial charge on any atom is -0.393 e. The summed E-state index contributed by atoms with van der Waals surface area (Å²) in [4.78, 5) is 25.4. The number of allylic oxidation sites excluding steroid dienone is 1. The van der Waals surface area contributed by atoms with E-state index < -0.39 is 0 Å². The van der Waals surface area contributed by atoms with Crippen molar-refractivity contribution < 1.29 is 14.7 Å². The fourth-order valence-corrected chi connectivity index (χ4v) is 7.14.